The number of nitrogen functional groups attached to an aromatic ring is 1. The summed E-state index contributed by atoms with van der Waals surface area (Å²) >= 11 is 0. The zero-order chi connectivity index (χ0) is 22.5. The van der Waals surface area contributed by atoms with Gasteiger partial charge in [-0.15, -0.1) is 0 Å². The molecule has 0 spiro atoms. The second-order valence-electron chi connectivity index (χ2n) is 7.56. The minimum atomic E-state index is -0.0711. The van der Waals surface area contributed by atoms with E-state index in [0.717, 1.165) is 17.7 Å². The number of para-hydroxylation sites is 1. The summed E-state index contributed by atoms with van der Waals surface area (Å²) in [5, 5.41) is 11.1. The summed E-state index contributed by atoms with van der Waals surface area (Å²) in [5.41, 5.74) is 8.75. The van der Waals surface area contributed by atoms with Crippen LogP contribution in [-0.2, 0) is 4.79 Å². The number of aromatic nitrogens is 1. The Morgan fingerprint density at radius 1 is 1.19 bits per heavy atom. The summed E-state index contributed by atoms with van der Waals surface area (Å²) in [6.45, 7) is 4.80. The van der Waals surface area contributed by atoms with Crippen LogP contribution in [0.3, 0.4) is 0 Å². The summed E-state index contributed by atoms with van der Waals surface area (Å²) in [4.78, 5) is 18.3. The van der Waals surface area contributed by atoms with Crippen molar-refractivity contribution >= 4 is 23.6 Å². The first kappa shape index (κ1) is 21.1. The maximum atomic E-state index is 11.8. The van der Waals surface area contributed by atoms with Gasteiger partial charge in [0.05, 0.1) is 11.4 Å². The lowest BCUT2D eigenvalue weighted by Crippen LogP contribution is -2.30. The molecule has 1 atom stereocenters. The van der Waals surface area contributed by atoms with Gasteiger partial charge in [-0.1, -0.05) is 24.8 Å². The van der Waals surface area contributed by atoms with E-state index in [-0.39, 0.29) is 11.9 Å². The number of nitrogens with two attached hydrogens (primary N) is 1. The second-order valence-corrected chi connectivity index (χ2v) is 7.56. The lowest BCUT2D eigenvalue weighted by molar-refractivity contribution is -0.125. The van der Waals surface area contributed by atoms with E-state index in [0.29, 0.717) is 41.6 Å². The molecule has 162 valence electrons. The maximum Gasteiger partial charge on any atom is 0.246 e. The van der Waals surface area contributed by atoms with Gasteiger partial charge < -0.3 is 26.1 Å². The summed E-state index contributed by atoms with van der Waals surface area (Å²) in [6, 6.07) is 18.9. The van der Waals surface area contributed by atoms with Crippen LogP contribution in [0, 0.1) is 5.41 Å². The van der Waals surface area contributed by atoms with Crippen LogP contribution in [0.1, 0.15) is 12.0 Å². The molecule has 2 heterocycles. The number of rotatable bonds is 7. The van der Waals surface area contributed by atoms with Gasteiger partial charge in [-0.05, 0) is 55.0 Å². The third-order valence-corrected chi connectivity index (χ3v) is 5.38. The normalized spacial score (nSPS) is 15.2. The predicted octanol–water partition coefficient (Wildman–Crippen LogP) is 4.32. The molecule has 0 radical (unpaired) electrons. The van der Waals surface area contributed by atoms with Gasteiger partial charge in [-0.3, -0.25) is 4.79 Å². The van der Waals surface area contributed by atoms with Gasteiger partial charge >= 0.3 is 0 Å². The van der Waals surface area contributed by atoms with Crippen molar-refractivity contribution in [1.29, 1.82) is 5.41 Å². The van der Waals surface area contributed by atoms with Gasteiger partial charge in [-0.2, -0.15) is 0 Å². The molecule has 1 unspecified atom stereocenters. The highest BCUT2D eigenvalue weighted by atomic mass is 16.5. The average molecular weight is 428 g/mol. The van der Waals surface area contributed by atoms with Gasteiger partial charge in [0.1, 0.15) is 17.3 Å². The van der Waals surface area contributed by atoms with Crippen LogP contribution in [0.5, 0.6) is 11.5 Å². The number of nitrogens with zero attached hydrogens (tertiary/aromatic N) is 2. The number of nitrogens with one attached hydrogen (secondary N) is 2. The molecule has 0 bridgehead atoms. The molecule has 7 heteroatoms. The first-order valence-corrected chi connectivity index (χ1v) is 10.4. The molecule has 1 aromatic heterocycles. The van der Waals surface area contributed by atoms with Gasteiger partial charge in [0, 0.05) is 36.5 Å². The van der Waals surface area contributed by atoms with Crippen molar-refractivity contribution in [2.75, 3.05) is 24.1 Å². The first-order chi connectivity index (χ1) is 15.6. The molecule has 7 nitrogen and oxygen atoms in total. The maximum absolute atomic E-state index is 11.8. The molecule has 1 saturated heterocycles. The molecule has 4 N–H and O–H groups in total. The van der Waals surface area contributed by atoms with Crippen molar-refractivity contribution in [1.82, 2.24) is 9.88 Å². The molecule has 2 aromatic carbocycles. The number of anilines is 2. The number of hydrogen-bond acceptors (Lipinski definition) is 6. The Kier molecular flexibility index (Phi) is 6.17. The van der Waals surface area contributed by atoms with Crippen LogP contribution in [0.15, 0.2) is 73.3 Å². The molecule has 1 aliphatic rings. The number of benzene rings is 2. The number of carbonyl (C=O) groups is 1. The van der Waals surface area contributed by atoms with Crippen LogP contribution in [0.25, 0.3) is 11.3 Å². The average Bonchev–Trinajstić information content (AvgIpc) is 3.29. The number of likely N-dealkylation sites (tertiary alicyclic amines) is 1. The zero-order valence-electron chi connectivity index (χ0n) is 17.6. The van der Waals surface area contributed by atoms with Crippen LogP contribution >= 0.6 is 0 Å². The monoisotopic (exact) mass is 427 g/mol. The molecule has 0 saturated carbocycles. The number of pyridine rings is 1. The third kappa shape index (κ3) is 4.62. The Morgan fingerprint density at radius 3 is 2.59 bits per heavy atom. The number of hydrogen-bond donors (Lipinski definition) is 3. The first-order valence-electron chi connectivity index (χ1n) is 10.4. The van der Waals surface area contributed by atoms with Gasteiger partial charge in [0.2, 0.25) is 5.91 Å². The minimum absolute atomic E-state index is 0.0711. The quantitative estimate of drug-likeness (QED) is 0.385. The molecule has 1 fully saturated rings. The van der Waals surface area contributed by atoms with Crippen LogP contribution in [-0.4, -0.2) is 41.1 Å². The van der Waals surface area contributed by atoms with E-state index >= 15 is 0 Å². The predicted molar refractivity (Wildman–Crippen MR) is 127 cm³/mol. The highest BCUT2D eigenvalue weighted by molar-refractivity contribution is 5.92. The van der Waals surface area contributed by atoms with Gasteiger partial charge in [0.25, 0.3) is 0 Å². The Labute approximate surface area is 187 Å². The Morgan fingerprint density at radius 2 is 1.91 bits per heavy atom. The van der Waals surface area contributed by atoms with E-state index in [4.69, 9.17) is 20.9 Å². The second kappa shape index (κ2) is 9.34. The molecule has 4 rings (SSSR count). The van der Waals surface area contributed by atoms with Crippen LogP contribution < -0.4 is 15.8 Å². The Bertz CT molecular complexity index is 1130. The molecule has 1 aliphatic heterocycles. The fourth-order valence-corrected chi connectivity index (χ4v) is 3.71. The molecule has 0 aliphatic carbocycles. The molecular formula is C25H25N5O2. The van der Waals surface area contributed by atoms with E-state index in [2.05, 4.69) is 11.9 Å². The highest BCUT2D eigenvalue weighted by Gasteiger charge is 2.25. The van der Waals surface area contributed by atoms with Crippen molar-refractivity contribution in [3.63, 3.8) is 0 Å². The molecular weight excluding hydrogens is 402 g/mol. The van der Waals surface area contributed by atoms with E-state index < -0.39 is 0 Å². The van der Waals surface area contributed by atoms with Crippen molar-refractivity contribution in [3.05, 3.63) is 78.9 Å². The van der Waals surface area contributed by atoms with E-state index in [9.17, 15) is 4.79 Å². The van der Waals surface area contributed by atoms with Crippen molar-refractivity contribution in [2.45, 2.75) is 12.5 Å². The Hall–Kier alpha value is -4.13. The fraction of sp³-hybridized carbons (Fsp3) is 0.160. The summed E-state index contributed by atoms with van der Waals surface area (Å²) in [6.07, 6.45) is 3.37. The SMILES string of the molecule is C=CC(=O)N1CCC(Nc2cc(C=N)c(N)c(-c3ccc(Oc4ccccc4)cc3)n2)C1. The summed E-state index contributed by atoms with van der Waals surface area (Å²) < 4.78 is 5.86. The van der Waals surface area contributed by atoms with Gasteiger partial charge in [-0.25, -0.2) is 4.98 Å². The number of ether oxygens (including phenoxy) is 1. The number of amides is 1. The van der Waals surface area contributed by atoms with E-state index in [1.165, 1.54) is 12.3 Å². The zero-order valence-corrected chi connectivity index (χ0v) is 17.6. The lowest BCUT2D eigenvalue weighted by Gasteiger charge is -2.18. The largest absolute Gasteiger partial charge is 0.457 e. The highest BCUT2D eigenvalue weighted by Crippen LogP contribution is 2.31. The third-order valence-electron chi connectivity index (χ3n) is 5.38. The molecule has 3 aromatic rings. The minimum Gasteiger partial charge on any atom is -0.457 e. The van der Waals surface area contributed by atoms with Crippen molar-refractivity contribution in [3.8, 4) is 22.8 Å². The standard InChI is InChI=1S/C25H25N5O2/c1-2-23(31)30-13-12-19(16-30)28-22-14-18(15-26)24(27)25(29-22)17-8-10-21(11-9-17)32-20-6-4-3-5-7-20/h2-11,14-15,19,26H,1,12-13,16,27H2,(H,28,29). The van der Waals surface area contributed by atoms with Crippen LogP contribution in [0.2, 0.25) is 0 Å². The van der Waals surface area contributed by atoms with Gasteiger partial charge in [0.15, 0.2) is 0 Å². The smallest absolute Gasteiger partial charge is 0.246 e. The van der Waals surface area contributed by atoms with Crippen LogP contribution in [0.4, 0.5) is 11.5 Å². The summed E-state index contributed by atoms with van der Waals surface area (Å²) in [7, 11) is 0. The van der Waals surface area contributed by atoms with E-state index in [1.807, 2.05) is 54.6 Å². The molecule has 32 heavy (non-hydrogen) atoms. The molecule has 1 amide bonds. The van der Waals surface area contributed by atoms with E-state index in [1.54, 1.807) is 11.0 Å². The topological polar surface area (TPSA) is 104 Å². The lowest BCUT2D eigenvalue weighted by atomic mass is 10.1. The fourth-order valence-electron chi connectivity index (χ4n) is 3.71. The van der Waals surface area contributed by atoms with Crippen molar-refractivity contribution in [2.24, 2.45) is 0 Å². The van der Waals surface area contributed by atoms with Crippen molar-refractivity contribution < 1.29 is 9.53 Å². The number of carbonyl (C=O) groups excluding carboxylic acids is 1. The summed E-state index contributed by atoms with van der Waals surface area (Å²) in [5.74, 6) is 2.02. The Balaban J connectivity index is 1.55.